The van der Waals surface area contributed by atoms with Gasteiger partial charge in [-0.05, 0) is 59.6 Å². The molecule has 13 heteroatoms. The number of amides is 2. The first kappa shape index (κ1) is 37.5. The molecule has 0 spiro atoms. The van der Waals surface area contributed by atoms with Crippen LogP contribution < -0.4 is 5.32 Å². The second-order valence-electron chi connectivity index (χ2n) is 11.6. The van der Waals surface area contributed by atoms with Gasteiger partial charge in [0.1, 0.15) is 6.04 Å². The molecule has 0 radical (unpaired) electrons. The Labute approximate surface area is 281 Å². The van der Waals surface area contributed by atoms with Gasteiger partial charge in [0.2, 0.25) is 15.9 Å². The largest absolute Gasteiger partial charge is 0.465 e. The van der Waals surface area contributed by atoms with Gasteiger partial charge in [0.25, 0.3) is 0 Å². The average Bonchev–Trinajstić information content (AvgIpc) is 3.04. The molecule has 0 aromatic heterocycles. The van der Waals surface area contributed by atoms with Crippen LogP contribution in [0, 0.1) is 5.92 Å². The first-order valence-corrected chi connectivity index (χ1v) is 18.1. The molecule has 3 aromatic rings. The van der Waals surface area contributed by atoms with E-state index in [1.54, 1.807) is 24.3 Å². The maximum absolute atomic E-state index is 14.0. The first-order chi connectivity index (χ1) is 22.5. The molecular formula is C34H44N4O7S2. The Kier molecular flexibility index (Phi) is 14.7. The fraction of sp³-hybridized carbons (Fsp3) is 0.382. The second kappa shape index (κ2) is 18.4. The summed E-state index contributed by atoms with van der Waals surface area (Å²) in [6.45, 7) is 3.51. The molecule has 0 aliphatic carbocycles. The molecule has 0 bridgehead atoms. The van der Waals surface area contributed by atoms with Crippen LogP contribution in [0.3, 0.4) is 0 Å². The van der Waals surface area contributed by atoms with Crippen molar-refractivity contribution in [2.45, 2.75) is 56.3 Å². The lowest BCUT2D eigenvalue weighted by molar-refractivity contribution is -0.127. The smallest absolute Gasteiger partial charge is 0.408 e. The summed E-state index contributed by atoms with van der Waals surface area (Å²) in [5.74, 6) is -0.138. The van der Waals surface area contributed by atoms with Crippen LogP contribution >= 0.6 is 11.8 Å². The summed E-state index contributed by atoms with van der Waals surface area (Å²) < 4.78 is 28.8. The second-order valence-corrected chi connectivity index (χ2v) is 14.5. The number of carbonyl (C=O) groups is 2. The van der Waals surface area contributed by atoms with Crippen molar-refractivity contribution in [2.75, 3.05) is 25.1 Å². The van der Waals surface area contributed by atoms with Gasteiger partial charge < -0.3 is 20.7 Å². The zero-order valence-electron chi connectivity index (χ0n) is 26.8. The number of benzene rings is 3. The molecule has 3 atom stereocenters. The summed E-state index contributed by atoms with van der Waals surface area (Å²) >= 11 is 1.49. The van der Waals surface area contributed by atoms with Crippen molar-refractivity contribution in [3.05, 3.63) is 102 Å². The van der Waals surface area contributed by atoms with Crippen LogP contribution in [0.15, 0.2) is 95.0 Å². The molecule has 11 nitrogen and oxygen atoms in total. The number of oxime groups is 1. The van der Waals surface area contributed by atoms with Gasteiger partial charge in [-0.25, -0.2) is 13.2 Å². The lowest BCUT2D eigenvalue weighted by atomic mass is 10.00. The van der Waals surface area contributed by atoms with E-state index in [-0.39, 0.29) is 43.3 Å². The number of nitrogens with zero attached hydrogens (tertiary/aromatic N) is 3. The van der Waals surface area contributed by atoms with E-state index in [9.17, 15) is 28.2 Å². The topological polar surface area (TPSA) is 160 Å². The summed E-state index contributed by atoms with van der Waals surface area (Å²) in [5.41, 5.74) is 2.03. The van der Waals surface area contributed by atoms with E-state index in [4.69, 9.17) is 5.21 Å². The molecule has 0 aliphatic rings. The molecule has 0 saturated heterocycles. The van der Waals surface area contributed by atoms with Crippen molar-refractivity contribution in [1.29, 1.82) is 0 Å². The van der Waals surface area contributed by atoms with Gasteiger partial charge in [0.05, 0.1) is 23.3 Å². The minimum Gasteiger partial charge on any atom is -0.465 e. The van der Waals surface area contributed by atoms with Crippen LogP contribution in [0.1, 0.15) is 37.0 Å². The number of hydrogen-bond acceptors (Lipinski definition) is 8. The number of aliphatic hydroxyl groups is 1. The van der Waals surface area contributed by atoms with Gasteiger partial charge in [-0.2, -0.15) is 16.1 Å². The molecule has 0 aliphatic heterocycles. The van der Waals surface area contributed by atoms with Crippen molar-refractivity contribution in [3.8, 4) is 0 Å². The number of carbonyl (C=O) groups excluding carboxylic acids is 1. The van der Waals surface area contributed by atoms with E-state index >= 15 is 0 Å². The molecule has 4 N–H and O–H groups in total. The summed E-state index contributed by atoms with van der Waals surface area (Å²) in [4.78, 5) is 27.5. The summed E-state index contributed by atoms with van der Waals surface area (Å²) in [7, 11) is -4.08. The van der Waals surface area contributed by atoms with Gasteiger partial charge in [-0.3, -0.25) is 9.69 Å². The van der Waals surface area contributed by atoms with Crippen LogP contribution in [0.4, 0.5) is 4.79 Å². The Bertz CT molecular complexity index is 1540. The lowest BCUT2D eigenvalue weighted by Crippen LogP contribution is -2.56. The van der Waals surface area contributed by atoms with Gasteiger partial charge in [0, 0.05) is 19.6 Å². The van der Waals surface area contributed by atoms with E-state index in [1.165, 1.54) is 46.5 Å². The maximum Gasteiger partial charge on any atom is 0.408 e. The number of carboxylic acid groups (broad SMARTS) is 1. The Morgan fingerprint density at radius 1 is 0.936 bits per heavy atom. The minimum absolute atomic E-state index is 0.000716. The highest BCUT2D eigenvalue weighted by molar-refractivity contribution is 7.98. The quantitative estimate of drug-likeness (QED) is 0.0864. The normalized spacial score (nSPS) is 13.8. The van der Waals surface area contributed by atoms with Crippen molar-refractivity contribution >= 4 is 40.0 Å². The van der Waals surface area contributed by atoms with Gasteiger partial charge in [-0.15, -0.1) is 0 Å². The molecule has 0 unspecified atom stereocenters. The van der Waals surface area contributed by atoms with E-state index in [1.807, 2.05) is 56.5 Å². The van der Waals surface area contributed by atoms with Crippen LogP contribution in [0.25, 0.3) is 0 Å². The van der Waals surface area contributed by atoms with Crippen molar-refractivity contribution in [2.24, 2.45) is 11.1 Å². The lowest BCUT2D eigenvalue weighted by Gasteiger charge is -2.33. The molecule has 0 saturated carbocycles. The molecule has 254 valence electrons. The Morgan fingerprint density at radius 3 is 2.06 bits per heavy atom. The zero-order valence-corrected chi connectivity index (χ0v) is 28.5. The van der Waals surface area contributed by atoms with Gasteiger partial charge in [-0.1, -0.05) is 91.8 Å². The van der Waals surface area contributed by atoms with Crippen molar-refractivity contribution in [3.63, 3.8) is 0 Å². The number of thioether (sulfide) groups is 1. The molecule has 0 heterocycles. The molecule has 0 fully saturated rings. The third-order valence-electron chi connectivity index (χ3n) is 7.49. The highest BCUT2D eigenvalue weighted by Gasteiger charge is 2.35. The summed E-state index contributed by atoms with van der Waals surface area (Å²) in [6.07, 6.45) is 0.880. The third-order valence-corrected chi connectivity index (χ3v) is 9.98. The highest BCUT2D eigenvalue weighted by Crippen LogP contribution is 2.21. The number of sulfonamides is 1. The summed E-state index contributed by atoms with van der Waals surface area (Å²) in [5, 5.41) is 36.5. The predicted octanol–water partition coefficient (Wildman–Crippen LogP) is 4.53. The fourth-order valence-corrected chi connectivity index (χ4v) is 7.22. The van der Waals surface area contributed by atoms with Crippen LogP contribution in [0.5, 0.6) is 0 Å². The monoisotopic (exact) mass is 684 g/mol. The third kappa shape index (κ3) is 11.4. The summed E-state index contributed by atoms with van der Waals surface area (Å²) in [6, 6.07) is 22.0. The van der Waals surface area contributed by atoms with E-state index < -0.39 is 40.2 Å². The minimum atomic E-state index is -4.08. The molecule has 47 heavy (non-hydrogen) atoms. The maximum atomic E-state index is 14.0. The molecule has 2 amide bonds. The Morgan fingerprint density at radius 2 is 1.53 bits per heavy atom. The number of rotatable bonds is 18. The molecule has 3 aromatic carbocycles. The Hall–Kier alpha value is -3.91. The number of nitrogens with one attached hydrogen (secondary N) is 1. The average molecular weight is 685 g/mol. The predicted molar refractivity (Wildman–Crippen MR) is 184 cm³/mol. The van der Waals surface area contributed by atoms with Crippen LogP contribution in [-0.2, 0) is 27.8 Å². The van der Waals surface area contributed by atoms with E-state index in [2.05, 4.69) is 10.5 Å². The first-order valence-electron chi connectivity index (χ1n) is 15.3. The van der Waals surface area contributed by atoms with Gasteiger partial charge >= 0.3 is 6.09 Å². The van der Waals surface area contributed by atoms with Crippen LogP contribution in [-0.4, -0.2) is 94.5 Å². The zero-order chi connectivity index (χ0) is 34.4. The van der Waals surface area contributed by atoms with Crippen molar-refractivity contribution < 1.29 is 33.4 Å². The van der Waals surface area contributed by atoms with Crippen molar-refractivity contribution in [1.82, 2.24) is 14.5 Å². The van der Waals surface area contributed by atoms with Gasteiger partial charge in [0.15, 0.2) is 0 Å². The molecule has 3 rings (SSSR count). The standard InChI is InChI=1S/C34H44N4O7S2/c1-25(2)22-37(47(44,45)29-16-14-27(15-17-29)21-35-43)24-32(39)30(20-26-10-6-4-7-11-26)36-33(40)31(18-19-46-3)38(34(41)42)23-28-12-8-5-9-13-28/h4-17,21,25,30-32,39,43H,18-20,22-24H2,1-3H3,(H,36,40)(H,41,42)/t30-,31-,32+/m0/s1. The SMILES string of the molecule is CSCC[C@@H](C(=O)N[C@@H](Cc1ccccc1)[C@H](O)CN(CC(C)C)S(=O)(=O)c1ccc(C=NO)cc1)N(Cc1ccccc1)C(=O)O. The van der Waals surface area contributed by atoms with E-state index in [0.29, 0.717) is 11.3 Å². The number of aliphatic hydroxyl groups excluding tert-OH is 1. The van der Waals surface area contributed by atoms with Crippen LogP contribution in [0.2, 0.25) is 0 Å². The molecular weight excluding hydrogens is 641 g/mol. The van der Waals surface area contributed by atoms with E-state index in [0.717, 1.165) is 16.0 Å². The number of hydrogen-bond donors (Lipinski definition) is 4. The fourth-order valence-electron chi connectivity index (χ4n) is 5.13. The highest BCUT2D eigenvalue weighted by atomic mass is 32.2. The Balaban J connectivity index is 1.94.